The van der Waals surface area contributed by atoms with Crippen LogP contribution in [0.2, 0.25) is 0 Å². The Morgan fingerprint density at radius 2 is 1.56 bits per heavy atom. The fourth-order valence-electron chi connectivity index (χ4n) is 11.5. The molecule has 2 nitrogen and oxygen atoms in total. The van der Waals surface area contributed by atoms with Crippen LogP contribution in [0.1, 0.15) is 99.3 Å². The topological polar surface area (TPSA) is 40.5 Å². The molecule has 0 saturated heterocycles. The second-order valence-corrected chi connectivity index (χ2v) is 14.4. The molecule has 5 aliphatic rings. The van der Waals surface area contributed by atoms with Crippen molar-refractivity contribution in [2.24, 2.45) is 63.1 Å². The smallest absolute Gasteiger partial charge is 0.0594 e. The largest absolute Gasteiger partial charge is 0.396 e. The monoisotopic (exact) mass is 442 g/mol. The quantitative estimate of drug-likeness (QED) is 0.436. The van der Waals surface area contributed by atoms with Crippen molar-refractivity contribution in [1.82, 2.24) is 0 Å². The first kappa shape index (κ1) is 23.4. The Bertz CT molecular complexity index is 771. The summed E-state index contributed by atoms with van der Waals surface area (Å²) in [6, 6.07) is 0. The van der Waals surface area contributed by atoms with Crippen LogP contribution in [0.5, 0.6) is 0 Å². The second kappa shape index (κ2) is 7.33. The zero-order chi connectivity index (χ0) is 23.3. The molecule has 0 aliphatic heterocycles. The summed E-state index contributed by atoms with van der Waals surface area (Å²) in [4.78, 5) is 0. The van der Waals surface area contributed by atoms with Crippen molar-refractivity contribution in [3.8, 4) is 0 Å². The van der Waals surface area contributed by atoms with E-state index in [0.29, 0.717) is 41.1 Å². The normalized spacial score (nSPS) is 57.1. The first-order valence-corrected chi connectivity index (χ1v) is 13.9. The Hall–Kier alpha value is -0.340. The SMILES string of the molecule is C=C1C[C@]2(CO)CC[C@@H]3C(CC[C@H]4[C@@]3(C)CCC3C(C)(C)[C@H](O)CC[C@@]34C)[C@H]2[C@@H](C)[C@@H]1C. The fourth-order valence-corrected chi connectivity index (χ4v) is 11.5. The van der Waals surface area contributed by atoms with Gasteiger partial charge in [-0.2, -0.15) is 0 Å². The maximum atomic E-state index is 10.9. The predicted octanol–water partition coefficient (Wildman–Crippen LogP) is 6.85. The summed E-state index contributed by atoms with van der Waals surface area (Å²) in [5.74, 6) is 4.87. The van der Waals surface area contributed by atoms with Gasteiger partial charge in [-0.3, -0.25) is 0 Å². The van der Waals surface area contributed by atoms with E-state index in [4.69, 9.17) is 0 Å². The molecule has 5 saturated carbocycles. The van der Waals surface area contributed by atoms with Gasteiger partial charge in [0.2, 0.25) is 0 Å². The minimum absolute atomic E-state index is 0.0392. The average Bonchev–Trinajstić information content (AvgIpc) is 2.74. The van der Waals surface area contributed by atoms with Gasteiger partial charge < -0.3 is 10.2 Å². The maximum Gasteiger partial charge on any atom is 0.0594 e. The molecular weight excluding hydrogens is 392 g/mol. The molecular formula is C30H50O2. The third-order valence-corrected chi connectivity index (χ3v) is 13.2. The van der Waals surface area contributed by atoms with Crippen molar-refractivity contribution in [3.05, 3.63) is 12.2 Å². The Labute approximate surface area is 197 Å². The molecule has 5 fully saturated rings. The van der Waals surface area contributed by atoms with Crippen molar-refractivity contribution in [1.29, 1.82) is 0 Å². The Kier molecular flexibility index (Phi) is 5.36. The van der Waals surface area contributed by atoms with Crippen LogP contribution in [0.4, 0.5) is 0 Å². The van der Waals surface area contributed by atoms with Gasteiger partial charge in [-0.05, 0) is 115 Å². The molecule has 0 amide bonds. The van der Waals surface area contributed by atoms with Gasteiger partial charge >= 0.3 is 0 Å². The van der Waals surface area contributed by atoms with Crippen molar-refractivity contribution in [2.45, 2.75) is 105 Å². The molecule has 182 valence electrons. The zero-order valence-electron chi connectivity index (χ0n) is 21.8. The first-order valence-electron chi connectivity index (χ1n) is 13.9. The van der Waals surface area contributed by atoms with Gasteiger partial charge in [-0.25, -0.2) is 0 Å². The molecule has 0 bridgehead atoms. The Morgan fingerprint density at radius 3 is 2.25 bits per heavy atom. The van der Waals surface area contributed by atoms with E-state index in [0.717, 1.165) is 30.6 Å². The summed E-state index contributed by atoms with van der Waals surface area (Å²) in [5.41, 5.74) is 2.30. The molecule has 5 aliphatic carbocycles. The van der Waals surface area contributed by atoms with Crippen molar-refractivity contribution >= 4 is 0 Å². The van der Waals surface area contributed by atoms with Gasteiger partial charge in [0.25, 0.3) is 0 Å². The third kappa shape index (κ3) is 2.84. The van der Waals surface area contributed by atoms with Crippen LogP contribution in [0.3, 0.4) is 0 Å². The van der Waals surface area contributed by atoms with Crippen molar-refractivity contribution < 1.29 is 10.2 Å². The van der Waals surface area contributed by atoms with Crippen LogP contribution < -0.4 is 0 Å². The molecule has 11 atom stereocenters. The molecule has 0 aromatic heterocycles. The highest BCUT2D eigenvalue weighted by Gasteiger charge is 2.66. The maximum absolute atomic E-state index is 10.9. The lowest BCUT2D eigenvalue weighted by Crippen LogP contribution is -2.64. The van der Waals surface area contributed by atoms with Crippen LogP contribution >= 0.6 is 0 Å². The van der Waals surface area contributed by atoms with Crippen LogP contribution in [-0.4, -0.2) is 22.9 Å². The molecule has 2 N–H and O–H groups in total. The van der Waals surface area contributed by atoms with Crippen LogP contribution in [-0.2, 0) is 0 Å². The lowest BCUT2D eigenvalue weighted by atomic mass is 9.35. The van der Waals surface area contributed by atoms with Gasteiger partial charge in [0, 0.05) is 12.0 Å². The number of aliphatic hydroxyl groups is 2. The minimum Gasteiger partial charge on any atom is -0.396 e. The molecule has 0 radical (unpaired) electrons. The van der Waals surface area contributed by atoms with Gasteiger partial charge in [0.1, 0.15) is 0 Å². The molecule has 0 heterocycles. The first-order chi connectivity index (χ1) is 14.9. The standard InChI is InChI=1S/C30H50O2/c1-18-16-30(17-31)15-10-22-21(26(30)20(3)19(18)2)8-9-24-28(22,6)13-11-23-27(4,5)25(32)12-14-29(23,24)7/h19-26,31-32H,1,8-17H2,2-7H3/t19-,20+,21?,22-,23?,24+,25-,26-,28+,29+,30+/m1/s1. The van der Waals surface area contributed by atoms with Crippen molar-refractivity contribution in [2.75, 3.05) is 6.61 Å². The molecule has 0 spiro atoms. The zero-order valence-corrected chi connectivity index (χ0v) is 21.8. The fraction of sp³-hybridized carbons (Fsp3) is 0.933. The lowest BCUT2D eigenvalue weighted by Gasteiger charge is -2.70. The summed E-state index contributed by atoms with van der Waals surface area (Å²) >= 11 is 0. The highest BCUT2D eigenvalue weighted by Crippen LogP contribution is 2.73. The molecule has 32 heavy (non-hydrogen) atoms. The summed E-state index contributed by atoms with van der Waals surface area (Å²) in [6.45, 7) is 19.7. The number of hydrogen-bond acceptors (Lipinski definition) is 2. The summed E-state index contributed by atoms with van der Waals surface area (Å²) in [7, 11) is 0. The number of aliphatic hydroxyl groups excluding tert-OH is 2. The molecule has 2 unspecified atom stereocenters. The number of fused-ring (bicyclic) bond motifs is 7. The van der Waals surface area contributed by atoms with Crippen LogP contribution in [0.15, 0.2) is 12.2 Å². The lowest BCUT2D eigenvalue weighted by molar-refractivity contribution is -0.225. The molecule has 0 aromatic carbocycles. The average molecular weight is 443 g/mol. The number of allylic oxidation sites excluding steroid dienone is 1. The second-order valence-electron chi connectivity index (χ2n) is 14.4. The number of hydrogen-bond donors (Lipinski definition) is 2. The van der Waals surface area contributed by atoms with E-state index in [2.05, 4.69) is 48.1 Å². The van der Waals surface area contributed by atoms with Gasteiger partial charge in [0.05, 0.1) is 6.10 Å². The van der Waals surface area contributed by atoms with E-state index in [1.165, 1.54) is 50.5 Å². The van der Waals surface area contributed by atoms with Gasteiger partial charge in [-0.15, -0.1) is 0 Å². The van der Waals surface area contributed by atoms with Gasteiger partial charge in [0.15, 0.2) is 0 Å². The van der Waals surface area contributed by atoms with E-state index in [1.54, 1.807) is 0 Å². The summed E-state index contributed by atoms with van der Waals surface area (Å²) in [6.07, 6.45) is 10.9. The third-order valence-electron chi connectivity index (χ3n) is 13.2. The molecule has 0 aromatic rings. The summed E-state index contributed by atoms with van der Waals surface area (Å²) in [5, 5.41) is 21.6. The number of rotatable bonds is 1. The highest BCUT2D eigenvalue weighted by molar-refractivity contribution is 5.19. The minimum atomic E-state index is -0.140. The van der Waals surface area contributed by atoms with E-state index in [1.807, 2.05) is 0 Å². The molecule has 2 heteroatoms. The summed E-state index contributed by atoms with van der Waals surface area (Å²) < 4.78 is 0. The van der Waals surface area contributed by atoms with E-state index >= 15 is 0 Å². The molecule has 5 rings (SSSR count). The van der Waals surface area contributed by atoms with E-state index in [-0.39, 0.29) is 16.9 Å². The van der Waals surface area contributed by atoms with Crippen LogP contribution in [0, 0.1) is 63.1 Å². The predicted molar refractivity (Wildman–Crippen MR) is 132 cm³/mol. The van der Waals surface area contributed by atoms with Gasteiger partial charge in [-0.1, -0.05) is 53.7 Å². The van der Waals surface area contributed by atoms with Crippen LogP contribution in [0.25, 0.3) is 0 Å². The Morgan fingerprint density at radius 1 is 0.875 bits per heavy atom. The van der Waals surface area contributed by atoms with E-state index < -0.39 is 0 Å². The van der Waals surface area contributed by atoms with E-state index in [9.17, 15) is 10.2 Å². The van der Waals surface area contributed by atoms with Crippen molar-refractivity contribution in [3.63, 3.8) is 0 Å². The highest BCUT2D eigenvalue weighted by atomic mass is 16.3. The Balaban J connectivity index is 1.50.